The molecule has 0 aromatic heterocycles. The predicted molar refractivity (Wildman–Crippen MR) is 77.5 cm³/mol. The van der Waals surface area contributed by atoms with Crippen molar-refractivity contribution in [2.24, 2.45) is 0 Å². The van der Waals surface area contributed by atoms with E-state index in [2.05, 4.69) is 12.2 Å². The van der Waals surface area contributed by atoms with Crippen LogP contribution >= 0.6 is 12.2 Å². The van der Waals surface area contributed by atoms with Gasteiger partial charge in [-0.15, -0.1) is 0 Å². The molecule has 2 nitrogen and oxygen atoms in total. The lowest BCUT2D eigenvalue weighted by atomic mass is 10.1. The summed E-state index contributed by atoms with van der Waals surface area (Å²) >= 11 is 4.54. The maximum absolute atomic E-state index is 13.7. The molecular weight excluding hydrogens is 399 g/mol. The van der Waals surface area contributed by atoms with Gasteiger partial charge in [0.25, 0.3) is 0 Å². The molecule has 0 heterocycles. The molecule has 0 atom stereocenters. The molecule has 0 aliphatic rings. The second-order valence-electron chi connectivity index (χ2n) is 4.71. The van der Waals surface area contributed by atoms with Gasteiger partial charge in [-0.25, -0.2) is 26.3 Å². The maximum atomic E-state index is 13.7. The van der Waals surface area contributed by atoms with Crippen LogP contribution in [0.2, 0.25) is 0 Å². The van der Waals surface area contributed by atoms with Gasteiger partial charge in [-0.05, 0) is 24.4 Å². The molecule has 2 rings (SSSR count). The molecule has 2 aromatic rings. The first kappa shape index (κ1) is 19.8. The van der Waals surface area contributed by atoms with Crippen molar-refractivity contribution in [2.75, 3.05) is 10.6 Å². The lowest BCUT2D eigenvalue weighted by molar-refractivity contribution is -0.143. The topological polar surface area (TPSA) is 24.1 Å². The van der Waals surface area contributed by atoms with Crippen LogP contribution in [0.1, 0.15) is 5.56 Å². The first-order valence-electron chi connectivity index (χ1n) is 6.39. The zero-order valence-electron chi connectivity index (χ0n) is 12.0. The van der Waals surface area contributed by atoms with Gasteiger partial charge in [-0.2, -0.15) is 13.2 Å². The first-order chi connectivity index (χ1) is 11.9. The minimum atomic E-state index is -5.69. The van der Waals surface area contributed by atoms with Crippen LogP contribution in [0.25, 0.3) is 0 Å². The number of benzene rings is 2. The van der Waals surface area contributed by atoms with Crippen LogP contribution in [-0.2, 0) is 6.18 Å². The smallest absolute Gasteiger partial charge is 0.330 e. The van der Waals surface area contributed by atoms with Crippen LogP contribution in [0.3, 0.4) is 0 Å². The van der Waals surface area contributed by atoms with Crippen molar-refractivity contribution in [3.05, 3.63) is 58.7 Å². The number of anilines is 2. The van der Waals surface area contributed by atoms with E-state index in [1.54, 1.807) is 5.32 Å². The molecule has 12 heteroatoms. The van der Waals surface area contributed by atoms with E-state index in [0.29, 0.717) is 6.07 Å². The Hall–Kier alpha value is -2.50. The van der Waals surface area contributed by atoms with Crippen molar-refractivity contribution >= 4 is 28.7 Å². The molecule has 0 bridgehead atoms. The average Bonchev–Trinajstić information content (AvgIpc) is 2.51. The number of hydrogen-bond donors (Lipinski definition) is 2. The Morgan fingerprint density at radius 2 is 1.35 bits per heavy atom. The van der Waals surface area contributed by atoms with E-state index in [0.717, 1.165) is 12.1 Å². The highest BCUT2D eigenvalue weighted by atomic mass is 32.1. The van der Waals surface area contributed by atoms with E-state index >= 15 is 0 Å². The normalized spacial score (nSPS) is 11.4. The maximum Gasteiger partial charge on any atom is 0.422 e. The zero-order valence-corrected chi connectivity index (χ0v) is 12.9. The van der Waals surface area contributed by atoms with Crippen molar-refractivity contribution in [2.45, 2.75) is 6.18 Å². The van der Waals surface area contributed by atoms with Gasteiger partial charge in [0.15, 0.2) is 28.4 Å². The minimum absolute atomic E-state index is 0.434. The Morgan fingerprint density at radius 3 is 1.81 bits per heavy atom. The fourth-order valence-electron chi connectivity index (χ4n) is 1.85. The van der Waals surface area contributed by atoms with E-state index in [9.17, 15) is 39.5 Å². The van der Waals surface area contributed by atoms with Gasteiger partial charge in [-0.3, -0.25) is 0 Å². The van der Waals surface area contributed by atoms with Gasteiger partial charge >= 0.3 is 6.18 Å². The van der Waals surface area contributed by atoms with Crippen LogP contribution < -0.4 is 10.6 Å². The molecule has 0 saturated carbocycles. The molecule has 0 aliphatic heterocycles. The van der Waals surface area contributed by atoms with Crippen molar-refractivity contribution in [3.8, 4) is 0 Å². The van der Waals surface area contributed by atoms with E-state index in [-0.39, 0.29) is 0 Å². The van der Waals surface area contributed by atoms with Gasteiger partial charge < -0.3 is 10.6 Å². The number of alkyl halides is 3. The quantitative estimate of drug-likeness (QED) is 0.401. The minimum Gasteiger partial charge on any atom is -0.330 e. The first-order valence-corrected chi connectivity index (χ1v) is 6.80. The van der Waals surface area contributed by atoms with E-state index in [1.165, 1.54) is 0 Å². The Kier molecular flexibility index (Phi) is 5.35. The Bertz CT molecular complexity index is 851. The number of hydrogen-bond acceptors (Lipinski definition) is 1. The third kappa shape index (κ3) is 3.84. The van der Waals surface area contributed by atoms with E-state index < -0.39 is 63.1 Å². The summed E-state index contributed by atoms with van der Waals surface area (Å²) in [6.45, 7) is 0. The highest BCUT2D eigenvalue weighted by Gasteiger charge is 2.42. The third-order valence-corrected chi connectivity index (χ3v) is 3.17. The molecule has 2 N–H and O–H groups in total. The van der Waals surface area contributed by atoms with Gasteiger partial charge in [0.2, 0.25) is 0 Å². The van der Waals surface area contributed by atoms with Crippen LogP contribution in [0.5, 0.6) is 0 Å². The van der Waals surface area contributed by atoms with Crippen molar-refractivity contribution in [3.63, 3.8) is 0 Å². The molecule has 0 aliphatic carbocycles. The lowest BCUT2D eigenvalue weighted by Gasteiger charge is -2.16. The highest BCUT2D eigenvalue weighted by molar-refractivity contribution is 7.80. The van der Waals surface area contributed by atoms with Gasteiger partial charge in [0.1, 0.15) is 22.9 Å². The standard InChI is InChI=1S/C14H5F9N2S/c15-4-1-2-6(5(16)3-4)24-13(26)25-12-10(19)8(17)7(14(21,22)23)9(18)11(12)20/h1-3H,(H2,24,25,26). The molecule has 2 aromatic carbocycles. The molecule has 0 unspecified atom stereocenters. The summed E-state index contributed by atoms with van der Waals surface area (Å²) in [5.74, 6) is -12.3. The molecule has 140 valence electrons. The van der Waals surface area contributed by atoms with Crippen molar-refractivity contribution in [1.29, 1.82) is 0 Å². The Balaban J connectivity index is 2.36. The molecule has 0 spiro atoms. The SMILES string of the molecule is Fc1ccc(NC(=S)Nc2c(F)c(F)c(C(F)(F)F)c(F)c2F)c(F)c1. The van der Waals surface area contributed by atoms with Gasteiger partial charge in [0.05, 0.1) is 5.69 Å². The number of halogens is 9. The highest BCUT2D eigenvalue weighted by Crippen LogP contribution is 2.38. The molecular formula is C14H5F9N2S. The Labute approximate surface area is 144 Å². The van der Waals surface area contributed by atoms with E-state index in [4.69, 9.17) is 0 Å². The summed E-state index contributed by atoms with van der Waals surface area (Å²) in [6.07, 6.45) is -5.69. The van der Waals surface area contributed by atoms with Gasteiger partial charge in [0, 0.05) is 6.07 Å². The largest absolute Gasteiger partial charge is 0.422 e. The lowest BCUT2D eigenvalue weighted by Crippen LogP contribution is -2.24. The molecule has 0 radical (unpaired) electrons. The van der Waals surface area contributed by atoms with Crippen molar-refractivity contribution in [1.82, 2.24) is 0 Å². The van der Waals surface area contributed by atoms with Crippen LogP contribution in [0, 0.1) is 34.9 Å². The fourth-order valence-corrected chi connectivity index (χ4v) is 2.06. The van der Waals surface area contributed by atoms with E-state index in [1.807, 2.05) is 5.32 Å². The van der Waals surface area contributed by atoms with Crippen LogP contribution in [0.15, 0.2) is 18.2 Å². The second kappa shape index (κ2) is 7.02. The molecule has 26 heavy (non-hydrogen) atoms. The molecule has 0 saturated heterocycles. The molecule has 0 amide bonds. The average molecular weight is 404 g/mol. The number of rotatable bonds is 2. The summed E-state index contributed by atoms with van der Waals surface area (Å²) in [5.41, 5.74) is -4.88. The Morgan fingerprint density at radius 1 is 0.808 bits per heavy atom. The summed E-state index contributed by atoms with van der Waals surface area (Å²) in [6, 6.07) is 2.08. The molecule has 0 fully saturated rings. The monoisotopic (exact) mass is 404 g/mol. The van der Waals surface area contributed by atoms with Crippen molar-refractivity contribution < 1.29 is 39.5 Å². The summed E-state index contributed by atoms with van der Waals surface area (Å²) in [7, 11) is 0. The number of nitrogens with one attached hydrogen (secondary N) is 2. The second-order valence-corrected chi connectivity index (χ2v) is 5.12. The number of thiocarbonyl (C=S) groups is 1. The summed E-state index contributed by atoms with van der Waals surface area (Å²) < 4.78 is 118. The van der Waals surface area contributed by atoms with Crippen LogP contribution in [0.4, 0.5) is 50.9 Å². The predicted octanol–water partition coefficient (Wildman–Crippen LogP) is 5.35. The summed E-state index contributed by atoms with van der Waals surface area (Å²) in [4.78, 5) is 0. The fraction of sp³-hybridized carbons (Fsp3) is 0.0714. The third-order valence-electron chi connectivity index (χ3n) is 2.96. The summed E-state index contributed by atoms with van der Waals surface area (Å²) in [5, 5.41) is 2.77. The zero-order chi connectivity index (χ0) is 19.8. The van der Waals surface area contributed by atoms with Crippen LogP contribution in [-0.4, -0.2) is 5.11 Å². The van der Waals surface area contributed by atoms with Gasteiger partial charge in [-0.1, -0.05) is 0 Å².